The summed E-state index contributed by atoms with van der Waals surface area (Å²) in [4.78, 5) is 36.4. The third kappa shape index (κ3) is 4.70. The predicted octanol–water partition coefficient (Wildman–Crippen LogP) is 4.19. The summed E-state index contributed by atoms with van der Waals surface area (Å²) in [5, 5.41) is 6.64. The van der Waals surface area contributed by atoms with Crippen LogP contribution in [0.5, 0.6) is 0 Å². The first-order chi connectivity index (χ1) is 14.9. The fourth-order valence-corrected chi connectivity index (χ4v) is 4.03. The van der Waals surface area contributed by atoms with E-state index in [4.69, 9.17) is 16.0 Å². The molecule has 1 fully saturated rings. The summed E-state index contributed by atoms with van der Waals surface area (Å²) >= 11 is 5.85. The van der Waals surface area contributed by atoms with Gasteiger partial charge in [0.25, 0.3) is 5.91 Å². The zero-order chi connectivity index (χ0) is 22.0. The minimum Gasteiger partial charge on any atom is -0.430 e. The van der Waals surface area contributed by atoms with Gasteiger partial charge in [0.15, 0.2) is 0 Å². The maximum absolute atomic E-state index is 13.0. The second-order valence-corrected chi connectivity index (χ2v) is 8.37. The van der Waals surface area contributed by atoms with E-state index in [1.165, 1.54) is 6.20 Å². The van der Waals surface area contributed by atoms with Gasteiger partial charge in [0.05, 0.1) is 10.4 Å². The van der Waals surface area contributed by atoms with Crippen molar-refractivity contribution in [3.8, 4) is 0 Å². The van der Waals surface area contributed by atoms with Crippen LogP contribution in [0.3, 0.4) is 0 Å². The summed E-state index contributed by atoms with van der Waals surface area (Å²) in [6.07, 6.45) is 6.55. The number of halogens is 1. The first-order valence-electron chi connectivity index (χ1n) is 10.2. The maximum Gasteiger partial charge on any atom is 0.294 e. The van der Waals surface area contributed by atoms with E-state index in [-0.39, 0.29) is 23.3 Å². The number of hydrogen-bond donors (Lipinski definition) is 2. The lowest BCUT2D eigenvalue weighted by atomic mass is 9.85. The van der Waals surface area contributed by atoms with E-state index in [9.17, 15) is 9.59 Å². The van der Waals surface area contributed by atoms with Crippen LogP contribution in [0, 0.1) is 5.92 Å². The van der Waals surface area contributed by atoms with Gasteiger partial charge in [-0.2, -0.15) is 0 Å². The molecule has 3 aromatic rings. The molecule has 8 nitrogen and oxygen atoms in total. The molecule has 0 spiro atoms. The molecule has 162 valence electrons. The van der Waals surface area contributed by atoms with Crippen LogP contribution in [0.2, 0.25) is 5.02 Å². The smallest absolute Gasteiger partial charge is 0.294 e. The summed E-state index contributed by atoms with van der Waals surface area (Å²) in [6.45, 7) is 0. The number of aromatic nitrogens is 2. The van der Waals surface area contributed by atoms with E-state index >= 15 is 0 Å². The average molecular weight is 442 g/mol. The van der Waals surface area contributed by atoms with E-state index in [1.807, 2.05) is 0 Å². The highest BCUT2D eigenvalue weighted by Gasteiger charge is 2.30. The Kier molecular flexibility index (Phi) is 6.20. The van der Waals surface area contributed by atoms with Crippen LogP contribution in [-0.4, -0.2) is 46.8 Å². The lowest BCUT2D eigenvalue weighted by Gasteiger charge is -2.31. The zero-order valence-corrected chi connectivity index (χ0v) is 18.1. The van der Waals surface area contributed by atoms with Crippen molar-refractivity contribution in [2.24, 2.45) is 5.92 Å². The number of furan rings is 1. The number of hydrogen-bond acceptors (Lipinski definition) is 6. The van der Waals surface area contributed by atoms with Crippen molar-refractivity contribution in [2.45, 2.75) is 31.7 Å². The Labute approximate surface area is 185 Å². The highest BCUT2D eigenvalue weighted by Crippen LogP contribution is 2.33. The van der Waals surface area contributed by atoms with Crippen molar-refractivity contribution in [2.75, 3.05) is 24.7 Å². The van der Waals surface area contributed by atoms with Gasteiger partial charge in [0.2, 0.25) is 17.4 Å². The van der Waals surface area contributed by atoms with Crippen LogP contribution in [0.25, 0.3) is 11.1 Å². The van der Waals surface area contributed by atoms with Crippen LogP contribution >= 0.6 is 11.6 Å². The van der Waals surface area contributed by atoms with Crippen molar-refractivity contribution in [1.29, 1.82) is 0 Å². The minimum absolute atomic E-state index is 0.0132. The minimum atomic E-state index is -0.528. The largest absolute Gasteiger partial charge is 0.430 e. The number of amides is 2. The predicted molar refractivity (Wildman–Crippen MR) is 119 cm³/mol. The normalized spacial score (nSPS) is 18.8. The first-order valence-corrected chi connectivity index (χ1v) is 10.6. The molecule has 0 saturated heterocycles. The highest BCUT2D eigenvalue weighted by atomic mass is 35.5. The van der Waals surface area contributed by atoms with E-state index in [0.29, 0.717) is 28.0 Å². The lowest BCUT2D eigenvalue weighted by molar-refractivity contribution is -0.121. The van der Waals surface area contributed by atoms with Crippen LogP contribution in [-0.2, 0) is 4.79 Å². The van der Waals surface area contributed by atoms with Gasteiger partial charge in [-0.25, -0.2) is 9.97 Å². The van der Waals surface area contributed by atoms with Crippen LogP contribution < -0.4 is 10.6 Å². The second-order valence-electron chi connectivity index (χ2n) is 7.94. The third-order valence-electron chi connectivity index (χ3n) is 5.69. The number of carbonyl (C=O) groups excluding carboxylic acids is 2. The van der Waals surface area contributed by atoms with Gasteiger partial charge in [0.1, 0.15) is 11.5 Å². The van der Waals surface area contributed by atoms with Gasteiger partial charge in [-0.15, -0.1) is 0 Å². The second kappa shape index (κ2) is 9.03. The van der Waals surface area contributed by atoms with Crippen LogP contribution in [0.15, 0.2) is 41.1 Å². The first kappa shape index (κ1) is 21.3. The van der Waals surface area contributed by atoms with Gasteiger partial charge >= 0.3 is 0 Å². The molecule has 1 aliphatic carbocycles. The summed E-state index contributed by atoms with van der Waals surface area (Å²) in [6, 6.07) is 7.20. The Balaban J connectivity index is 1.56. The number of pyridine rings is 2. The SMILES string of the molecule is CN(C)[C@H]1CC[C@H](C(=O)Nc2c(C(=O)Nc3ccc(Cl)cn3)oc3ncccc23)CC1. The standard InChI is InChI=1S/C22H24ClN5O3/c1-28(2)15-8-5-13(6-9-15)20(29)27-18-16-4-3-11-24-22(16)31-19(18)21(30)26-17-10-7-14(23)12-25-17/h3-4,7,10-13,15H,5-6,8-9H2,1-2H3,(H,27,29)(H,25,26,30)/t13-,15-. The van der Waals surface area contributed by atoms with Crippen LogP contribution in [0.4, 0.5) is 11.5 Å². The molecular formula is C22H24ClN5O3. The fraction of sp³-hybridized carbons (Fsp3) is 0.364. The molecule has 0 radical (unpaired) electrons. The van der Waals surface area contributed by atoms with Gasteiger partial charge in [-0.3, -0.25) is 9.59 Å². The van der Waals surface area contributed by atoms with E-state index in [1.54, 1.807) is 30.5 Å². The molecular weight excluding hydrogens is 418 g/mol. The number of carbonyl (C=O) groups is 2. The molecule has 9 heteroatoms. The van der Waals surface area contributed by atoms with Gasteiger partial charge < -0.3 is 20.0 Å². The quantitative estimate of drug-likeness (QED) is 0.615. The van der Waals surface area contributed by atoms with Gasteiger partial charge in [0, 0.05) is 24.4 Å². The summed E-state index contributed by atoms with van der Waals surface area (Å²) < 4.78 is 5.70. The Hall–Kier alpha value is -2.97. The molecule has 0 aliphatic heterocycles. The summed E-state index contributed by atoms with van der Waals surface area (Å²) in [5.41, 5.74) is 0.609. The number of rotatable bonds is 5. The zero-order valence-electron chi connectivity index (χ0n) is 17.4. The fourth-order valence-electron chi connectivity index (χ4n) is 3.92. The van der Waals surface area contributed by atoms with Crippen LogP contribution in [0.1, 0.15) is 36.2 Å². The number of nitrogens with one attached hydrogen (secondary N) is 2. The third-order valence-corrected chi connectivity index (χ3v) is 5.91. The van der Waals surface area contributed by atoms with Gasteiger partial charge in [-0.1, -0.05) is 11.6 Å². The summed E-state index contributed by atoms with van der Waals surface area (Å²) in [5.74, 6) is -0.434. The lowest BCUT2D eigenvalue weighted by Crippen LogP contribution is -2.35. The van der Waals surface area contributed by atoms with Gasteiger partial charge in [-0.05, 0) is 64.0 Å². The van der Waals surface area contributed by atoms with Crippen molar-refractivity contribution in [3.05, 3.63) is 47.4 Å². The monoisotopic (exact) mass is 441 g/mol. The van der Waals surface area contributed by atoms with E-state index < -0.39 is 5.91 Å². The molecule has 1 saturated carbocycles. The van der Waals surface area contributed by atoms with E-state index in [0.717, 1.165) is 25.7 Å². The molecule has 4 rings (SSSR count). The van der Waals surface area contributed by atoms with Crippen molar-refractivity contribution in [3.63, 3.8) is 0 Å². The van der Waals surface area contributed by atoms with E-state index in [2.05, 4.69) is 39.6 Å². The molecule has 3 heterocycles. The van der Waals surface area contributed by atoms with Crippen molar-refractivity contribution < 1.29 is 14.0 Å². The maximum atomic E-state index is 13.0. The number of nitrogens with zero attached hydrogens (tertiary/aromatic N) is 3. The molecule has 1 aliphatic rings. The van der Waals surface area contributed by atoms with Crippen molar-refractivity contribution >= 4 is 46.0 Å². The molecule has 0 aromatic carbocycles. The molecule has 0 unspecified atom stereocenters. The Bertz CT molecular complexity index is 1090. The molecule has 2 N–H and O–H groups in total. The molecule has 3 aromatic heterocycles. The average Bonchev–Trinajstić information content (AvgIpc) is 3.14. The highest BCUT2D eigenvalue weighted by molar-refractivity contribution is 6.30. The molecule has 31 heavy (non-hydrogen) atoms. The Morgan fingerprint density at radius 3 is 2.55 bits per heavy atom. The Morgan fingerprint density at radius 2 is 1.87 bits per heavy atom. The number of anilines is 2. The molecule has 2 amide bonds. The number of fused-ring (bicyclic) bond motifs is 1. The summed E-state index contributed by atoms with van der Waals surface area (Å²) in [7, 11) is 4.13. The topological polar surface area (TPSA) is 100 Å². The molecule has 0 bridgehead atoms. The van der Waals surface area contributed by atoms with Crippen molar-refractivity contribution in [1.82, 2.24) is 14.9 Å². The molecule has 0 atom stereocenters. The Morgan fingerprint density at radius 1 is 1.10 bits per heavy atom.